The number of fused-ring (bicyclic) bond motifs is 7. The Bertz CT molecular complexity index is 1970. The van der Waals surface area contributed by atoms with Gasteiger partial charge in [-0.15, -0.1) is 0 Å². The van der Waals surface area contributed by atoms with Crippen molar-refractivity contribution in [3.05, 3.63) is 215 Å². The highest BCUT2D eigenvalue weighted by Gasteiger charge is 2.57. The Labute approximate surface area is 276 Å². The molecule has 0 fully saturated rings. The van der Waals surface area contributed by atoms with Crippen LogP contribution in [0.5, 0.6) is 0 Å². The summed E-state index contributed by atoms with van der Waals surface area (Å²) in [6, 6.07) is 27.0. The van der Waals surface area contributed by atoms with Gasteiger partial charge in [-0.1, -0.05) is 159 Å². The summed E-state index contributed by atoms with van der Waals surface area (Å²) in [4.78, 5) is 0. The lowest BCUT2D eigenvalue weighted by Gasteiger charge is -2.52. The molecule has 3 aliphatic carbocycles. The van der Waals surface area contributed by atoms with E-state index in [1.54, 1.807) is 0 Å². The van der Waals surface area contributed by atoms with Crippen molar-refractivity contribution in [1.82, 2.24) is 0 Å². The van der Waals surface area contributed by atoms with Crippen molar-refractivity contribution in [2.24, 2.45) is 0 Å². The molecular formula is C46H44. The highest BCUT2D eigenvalue weighted by Crippen LogP contribution is 2.66. The van der Waals surface area contributed by atoms with Gasteiger partial charge in [-0.05, 0) is 107 Å². The molecule has 2 unspecified atom stereocenters. The Kier molecular flexibility index (Phi) is 8.41. The van der Waals surface area contributed by atoms with Crippen molar-refractivity contribution in [1.29, 1.82) is 0 Å². The first-order chi connectivity index (χ1) is 22.4. The SMILES string of the molecule is C=CC1=C(/C=C\C(=C)/C=C\C=C/C)C2(CC(C)=C(C)c3ccccc32)c2ccccc2C12C(=C)/C(=C\C/C=C\C)c1ccccc12. The summed E-state index contributed by atoms with van der Waals surface area (Å²) >= 11 is 0. The third-order valence-electron chi connectivity index (χ3n) is 10.3. The molecule has 0 bridgehead atoms. The van der Waals surface area contributed by atoms with Gasteiger partial charge in [-0.3, -0.25) is 0 Å². The number of hydrogen-bond acceptors (Lipinski definition) is 0. The summed E-state index contributed by atoms with van der Waals surface area (Å²) in [6.45, 7) is 22.6. The van der Waals surface area contributed by atoms with Gasteiger partial charge in [0.05, 0.1) is 10.8 Å². The minimum atomic E-state index is -0.581. The van der Waals surface area contributed by atoms with Crippen LogP contribution in [0.15, 0.2) is 181 Å². The second kappa shape index (κ2) is 12.5. The Hall–Kier alpha value is -4.94. The highest BCUT2D eigenvalue weighted by atomic mass is 14.6. The number of hydrogen-bond donors (Lipinski definition) is 0. The van der Waals surface area contributed by atoms with Gasteiger partial charge in [0.2, 0.25) is 0 Å². The zero-order chi connectivity index (χ0) is 32.5. The van der Waals surface area contributed by atoms with E-state index < -0.39 is 10.8 Å². The standard InChI is InChI=1S/C46H44/c1-8-11-13-21-32(4)29-30-43-39(10-3)46(35(7)37(23-14-12-9-2)38-24-16-18-26-41(38)46)44-28-20-19-27-42(44)45(43)31-33(5)34(6)36-22-15-17-25-40(36)45/h8-13,15-30H,3-4,7,14,31H2,1-2,5-6H3/b11-8-,12-9-,21-13-,30-29-,37-23+. The molecule has 0 N–H and O–H groups in total. The average Bonchev–Trinajstić information content (AvgIpc) is 3.32. The molecule has 228 valence electrons. The van der Waals surface area contributed by atoms with E-state index in [1.807, 2.05) is 25.2 Å². The van der Waals surface area contributed by atoms with Crippen molar-refractivity contribution < 1.29 is 0 Å². The van der Waals surface area contributed by atoms with Crippen LogP contribution in [0.2, 0.25) is 0 Å². The molecule has 46 heavy (non-hydrogen) atoms. The smallest absolute Gasteiger partial charge is 0.0713 e. The van der Waals surface area contributed by atoms with Crippen molar-refractivity contribution in [3.63, 3.8) is 0 Å². The topological polar surface area (TPSA) is 0 Å². The first-order valence-corrected chi connectivity index (χ1v) is 16.4. The Morgan fingerprint density at radius 3 is 2.11 bits per heavy atom. The maximum absolute atomic E-state index is 4.94. The highest BCUT2D eigenvalue weighted by molar-refractivity contribution is 5.96. The van der Waals surface area contributed by atoms with Crippen LogP contribution in [0.25, 0.3) is 11.1 Å². The third kappa shape index (κ3) is 4.51. The molecule has 3 aromatic rings. The number of allylic oxidation sites excluding steroid dienone is 17. The van der Waals surface area contributed by atoms with E-state index in [0.717, 1.165) is 24.0 Å². The van der Waals surface area contributed by atoms with Crippen molar-refractivity contribution in [3.8, 4) is 0 Å². The average molecular weight is 597 g/mol. The molecule has 2 atom stereocenters. The quantitative estimate of drug-likeness (QED) is 0.188. The fraction of sp³-hybridized carbons (Fsp3) is 0.174. The molecule has 0 nitrogen and oxygen atoms in total. The van der Waals surface area contributed by atoms with Crippen molar-refractivity contribution >= 4 is 11.1 Å². The zero-order valence-electron chi connectivity index (χ0n) is 27.7. The molecule has 0 amide bonds. The molecule has 6 rings (SSSR count). The van der Waals surface area contributed by atoms with Gasteiger partial charge in [0.25, 0.3) is 0 Å². The lowest BCUT2D eigenvalue weighted by atomic mass is 9.50. The molecule has 0 aromatic heterocycles. The minimum absolute atomic E-state index is 0.415. The molecule has 0 heteroatoms. The number of benzene rings is 3. The van der Waals surface area contributed by atoms with Gasteiger partial charge in [0, 0.05) is 0 Å². The molecule has 0 saturated heterocycles. The van der Waals surface area contributed by atoms with Crippen LogP contribution in [-0.2, 0) is 10.8 Å². The lowest BCUT2D eigenvalue weighted by molar-refractivity contribution is 0.542. The second-order valence-electron chi connectivity index (χ2n) is 12.6. The zero-order valence-corrected chi connectivity index (χ0v) is 27.7. The summed E-state index contributed by atoms with van der Waals surface area (Å²) in [7, 11) is 0. The fourth-order valence-electron chi connectivity index (χ4n) is 8.20. The second-order valence-corrected chi connectivity index (χ2v) is 12.6. The van der Waals surface area contributed by atoms with Gasteiger partial charge in [0.1, 0.15) is 0 Å². The maximum atomic E-state index is 4.94. The van der Waals surface area contributed by atoms with E-state index in [1.165, 1.54) is 61.2 Å². The Morgan fingerprint density at radius 2 is 1.41 bits per heavy atom. The summed E-state index contributed by atoms with van der Waals surface area (Å²) in [5.74, 6) is 0. The van der Waals surface area contributed by atoms with Gasteiger partial charge < -0.3 is 0 Å². The third-order valence-corrected chi connectivity index (χ3v) is 10.3. The van der Waals surface area contributed by atoms with Crippen LogP contribution in [0, 0.1) is 0 Å². The molecule has 3 aliphatic rings. The minimum Gasteiger partial charge on any atom is -0.0987 e. The van der Waals surface area contributed by atoms with E-state index >= 15 is 0 Å². The first-order valence-electron chi connectivity index (χ1n) is 16.4. The number of rotatable bonds is 7. The monoisotopic (exact) mass is 596 g/mol. The summed E-state index contributed by atoms with van der Waals surface area (Å²) in [6.07, 6.45) is 23.2. The largest absolute Gasteiger partial charge is 0.0987 e. The normalized spacial score (nSPS) is 23.1. The summed E-state index contributed by atoms with van der Waals surface area (Å²) in [5.41, 5.74) is 15.3. The summed E-state index contributed by atoms with van der Waals surface area (Å²) < 4.78 is 0. The molecule has 0 aliphatic heterocycles. The van der Waals surface area contributed by atoms with E-state index in [9.17, 15) is 0 Å². The van der Waals surface area contributed by atoms with E-state index in [2.05, 4.69) is 149 Å². The molecule has 0 heterocycles. The fourth-order valence-corrected chi connectivity index (χ4v) is 8.20. The maximum Gasteiger partial charge on any atom is 0.0713 e. The Morgan fingerprint density at radius 1 is 0.761 bits per heavy atom. The first kappa shape index (κ1) is 31.1. The predicted molar refractivity (Wildman–Crippen MR) is 200 cm³/mol. The van der Waals surface area contributed by atoms with Crippen molar-refractivity contribution in [2.45, 2.75) is 51.4 Å². The molecular weight excluding hydrogens is 553 g/mol. The van der Waals surface area contributed by atoms with Crippen LogP contribution in [-0.4, -0.2) is 0 Å². The molecule has 3 aromatic carbocycles. The van der Waals surface area contributed by atoms with Gasteiger partial charge in [-0.2, -0.15) is 0 Å². The van der Waals surface area contributed by atoms with Crippen LogP contribution >= 0.6 is 0 Å². The van der Waals surface area contributed by atoms with Crippen molar-refractivity contribution in [2.75, 3.05) is 0 Å². The summed E-state index contributed by atoms with van der Waals surface area (Å²) in [5, 5.41) is 0. The van der Waals surface area contributed by atoms with Crippen LogP contribution in [0.4, 0.5) is 0 Å². The van der Waals surface area contributed by atoms with E-state index in [4.69, 9.17) is 6.58 Å². The van der Waals surface area contributed by atoms with E-state index in [0.29, 0.717) is 0 Å². The van der Waals surface area contributed by atoms with Crippen LogP contribution in [0.1, 0.15) is 73.9 Å². The van der Waals surface area contributed by atoms with Crippen LogP contribution < -0.4 is 0 Å². The molecule has 0 saturated carbocycles. The van der Waals surface area contributed by atoms with Gasteiger partial charge in [-0.25, -0.2) is 0 Å². The van der Waals surface area contributed by atoms with Gasteiger partial charge >= 0.3 is 0 Å². The van der Waals surface area contributed by atoms with Crippen LogP contribution in [0.3, 0.4) is 0 Å². The predicted octanol–water partition coefficient (Wildman–Crippen LogP) is 12.1. The van der Waals surface area contributed by atoms with Gasteiger partial charge in [0.15, 0.2) is 0 Å². The lowest BCUT2D eigenvalue weighted by Crippen LogP contribution is -2.45. The molecule has 2 spiro atoms. The Balaban J connectivity index is 1.77. The van der Waals surface area contributed by atoms with E-state index in [-0.39, 0.29) is 0 Å². The molecule has 0 radical (unpaired) electrons.